The van der Waals surface area contributed by atoms with Crippen LogP contribution in [0.2, 0.25) is 0 Å². The van der Waals surface area contributed by atoms with Crippen LogP contribution < -0.4 is 10.6 Å². The highest BCUT2D eigenvalue weighted by atomic mass is 16.5. The summed E-state index contributed by atoms with van der Waals surface area (Å²) in [6, 6.07) is 1.58. The Morgan fingerprint density at radius 2 is 1.92 bits per heavy atom. The average molecular weight is 337 g/mol. The summed E-state index contributed by atoms with van der Waals surface area (Å²) in [6.45, 7) is 11.0. The largest absolute Gasteiger partial charge is 0.353 e. The summed E-state index contributed by atoms with van der Waals surface area (Å²) in [4.78, 5) is 28.3. The van der Waals surface area contributed by atoms with Gasteiger partial charge in [-0.3, -0.25) is 24.7 Å². The fourth-order valence-corrected chi connectivity index (χ4v) is 2.69. The van der Waals surface area contributed by atoms with Crippen LogP contribution in [0.4, 0.5) is 5.88 Å². The molecule has 0 spiro atoms. The molecule has 1 unspecified atom stereocenters. The van der Waals surface area contributed by atoms with Gasteiger partial charge < -0.3 is 9.84 Å². The third-order valence-electron chi connectivity index (χ3n) is 4.03. The van der Waals surface area contributed by atoms with E-state index in [0.717, 1.165) is 31.9 Å². The Bertz CT molecular complexity index is 564. The predicted octanol–water partition coefficient (Wildman–Crippen LogP) is 0.452. The molecule has 0 bridgehead atoms. The van der Waals surface area contributed by atoms with Crippen LogP contribution in [-0.2, 0) is 9.59 Å². The molecule has 134 valence electrons. The maximum atomic E-state index is 12.3. The van der Waals surface area contributed by atoms with Gasteiger partial charge in [0.05, 0.1) is 18.3 Å². The highest BCUT2D eigenvalue weighted by molar-refractivity contribution is 5.93. The van der Waals surface area contributed by atoms with E-state index in [-0.39, 0.29) is 23.9 Å². The van der Waals surface area contributed by atoms with Crippen LogP contribution in [0.15, 0.2) is 10.6 Å². The second kappa shape index (κ2) is 8.25. The van der Waals surface area contributed by atoms with Gasteiger partial charge in [-0.2, -0.15) is 0 Å². The molecule has 1 atom stereocenters. The summed E-state index contributed by atoms with van der Waals surface area (Å²) in [5.74, 6) is 0.301. The molecular weight excluding hydrogens is 310 g/mol. The van der Waals surface area contributed by atoms with Crippen molar-refractivity contribution >= 4 is 17.7 Å². The number of rotatable bonds is 6. The summed E-state index contributed by atoms with van der Waals surface area (Å²) in [6.07, 6.45) is 0. The topological polar surface area (TPSA) is 90.7 Å². The van der Waals surface area contributed by atoms with Crippen LogP contribution in [0, 0.1) is 6.92 Å². The zero-order valence-electron chi connectivity index (χ0n) is 14.8. The van der Waals surface area contributed by atoms with E-state index in [2.05, 4.69) is 25.6 Å². The van der Waals surface area contributed by atoms with E-state index in [1.54, 1.807) is 13.0 Å². The van der Waals surface area contributed by atoms with Gasteiger partial charge in [0.1, 0.15) is 0 Å². The zero-order chi connectivity index (χ0) is 17.7. The molecule has 8 heteroatoms. The molecule has 0 aliphatic carbocycles. The quantitative estimate of drug-likeness (QED) is 0.783. The summed E-state index contributed by atoms with van der Waals surface area (Å²) in [5, 5.41) is 9.39. The first-order valence-electron chi connectivity index (χ1n) is 8.35. The van der Waals surface area contributed by atoms with Crippen molar-refractivity contribution in [3.63, 3.8) is 0 Å². The molecule has 1 aromatic rings. The van der Waals surface area contributed by atoms with E-state index in [4.69, 9.17) is 4.52 Å². The summed E-state index contributed by atoms with van der Waals surface area (Å²) in [5.41, 5.74) is 0.728. The number of hydrogen-bond acceptors (Lipinski definition) is 6. The van der Waals surface area contributed by atoms with Crippen LogP contribution in [-0.4, -0.2) is 71.6 Å². The van der Waals surface area contributed by atoms with Gasteiger partial charge in [0.25, 0.3) is 0 Å². The molecule has 0 radical (unpaired) electrons. The molecule has 2 heterocycles. The smallest absolute Gasteiger partial charge is 0.243 e. The minimum atomic E-state index is -0.262. The lowest BCUT2D eigenvalue weighted by Gasteiger charge is -2.37. The SMILES string of the molecule is Cc1cc(NC(=O)C(C)N2CCN(CC(=O)NC(C)C)CC2)on1. The van der Waals surface area contributed by atoms with Crippen molar-refractivity contribution in [2.24, 2.45) is 0 Å². The van der Waals surface area contributed by atoms with Gasteiger partial charge in [0.15, 0.2) is 0 Å². The lowest BCUT2D eigenvalue weighted by Crippen LogP contribution is -2.54. The molecule has 2 N–H and O–H groups in total. The van der Waals surface area contributed by atoms with E-state index in [0.29, 0.717) is 12.4 Å². The van der Waals surface area contributed by atoms with Crippen LogP contribution in [0.25, 0.3) is 0 Å². The van der Waals surface area contributed by atoms with E-state index in [1.165, 1.54) is 0 Å². The van der Waals surface area contributed by atoms with Gasteiger partial charge in [-0.15, -0.1) is 0 Å². The number of piperazine rings is 1. The van der Waals surface area contributed by atoms with Crippen molar-refractivity contribution < 1.29 is 14.1 Å². The first-order chi connectivity index (χ1) is 11.3. The van der Waals surface area contributed by atoms with Crippen molar-refractivity contribution in [3.8, 4) is 0 Å². The molecule has 1 aliphatic rings. The Kier molecular flexibility index (Phi) is 6.33. The Morgan fingerprint density at radius 1 is 1.25 bits per heavy atom. The first kappa shape index (κ1) is 18.4. The molecule has 0 saturated carbocycles. The third kappa shape index (κ3) is 5.31. The number of amides is 2. The molecule has 8 nitrogen and oxygen atoms in total. The Balaban J connectivity index is 1.76. The predicted molar refractivity (Wildman–Crippen MR) is 90.6 cm³/mol. The minimum absolute atomic E-state index is 0.0462. The zero-order valence-corrected chi connectivity index (χ0v) is 14.8. The van der Waals surface area contributed by atoms with Crippen LogP contribution >= 0.6 is 0 Å². The lowest BCUT2D eigenvalue weighted by atomic mass is 10.2. The van der Waals surface area contributed by atoms with Crippen LogP contribution in [0.5, 0.6) is 0 Å². The molecule has 2 amide bonds. The number of carbonyl (C=O) groups is 2. The molecule has 1 saturated heterocycles. The Labute approximate surface area is 142 Å². The van der Waals surface area contributed by atoms with Gasteiger partial charge in [-0.1, -0.05) is 5.16 Å². The van der Waals surface area contributed by atoms with Crippen molar-refractivity contribution in [1.29, 1.82) is 0 Å². The maximum absolute atomic E-state index is 12.3. The average Bonchev–Trinajstić information content (AvgIpc) is 2.91. The second-order valence-electron chi connectivity index (χ2n) is 6.53. The second-order valence-corrected chi connectivity index (χ2v) is 6.53. The minimum Gasteiger partial charge on any atom is -0.353 e. The normalized spacial score (nSPS) is 17.7. The maximum Gasteiger partial charge on any atom is 0.243 e. The third-order valence-corrected chi connectivity index (χ3v) is 4.03. The van der Waals surface area contributed by atoms with E-state index >= 15 is 0 Å². The van der Waals surface area contributed by atoms with Gasteiger partial charge in [0.2, 0.25) is 17.7 Å². The molecule has 1 aliphatic heterocycles. The number of anilines is 1. The van der Waals surface area contributed by atoms with E-state index in [9.17, 15) is 9.59 Å². The molecule has 2 rings (SSSR count). The Morgan fingerprint density at radius 3 is 2.46 bits per heavy atom. The number of hydrogen-bond donors (Lipinski definition) is 2. The fourth-order valence-electron chi connectivity index (χ4n) is 2.69. The molecule has 24 heavy (non-hydrogen) atoms. The first-order valence-corrected chi connectivity index (χ1v) is 8.35. The Hall–Kier alpha value is -1.93. The van der Waals surface area contributed by atoms with Gasteiger partial charge in [-0.25, -0.2) is 0 Å². The van der Waals surface area contributed by atoms with Crippen molar-refractivity contribution in [1.82, 2.24) is 20.3 Å². The lowest BCUT2D eigenvalue weighted by molar-refractivity contribution is -0.125. The monoisotopic (exact) mass is 337 g/mol. The van der Waals surface area contributed by atoms with Crippen molar-refractivity contribution in [2.75, 3.05) is 38.0 Å². The summed E-state index contributed by atoms with van der Waals surface area (Å²) in [7, 11) is 0. The van der Waals surface area contributed by atoms with Crippen LogP contribution in [0.1, 0.15) is 26.5 Å². The highest BCUT2D eigenvalue weighted by Crippen LogP contribution is 2.12. The molecular formula is C16H27N5O3. The standard InChI is InChI=1S/C16H27N5O3/c1-11(2)17-14(22)10-20-5-7-21(8-6-20)13(4)16(23)18-15-9-12(3)19-24-15/h9,11,13H,5-8,10H2,1-4H3,(H,17,22)(H,18,23). The molecule has 1 aromatic heterocycles. The van der Waals surface area contributed by atoms with Crippen molar-refractivity contribution in [3.05, 3.63) is 11.8 Å². The van der Waals surface area contributed by atoms with E-state index in [1.807, 2.05) is 20.8 Å². The van der Waals surface area contributed by atoms with Gasteiger partial charge in [0, 0.05) is 38.3 Å². The fraction of sp³-hybridized carbons (Fsp3) is 0.688. The van der Waals surface area contributed by atoms with Crippen LogP contribution in [0.3, 0.4) is 0 Å². The van der Waals surface area contributed by atoms with Crippen molar-refractivity contribution in [2.45, 2.75) is 39.8 Å². The molecule has 1 fully saturated rings. The van der Waals surface area contributed by atoms with Gasteiger partial charge >= 0.3 is 0 Å². The number of nitrogens with one attached hydrogen (secondary N) is 2. The number of carbonyl (C=O) groups excluding carboxylic acids is 2. The summed E-state index contributed by atoms with van der Waals surface area (Å²) < 4.78 is 5.01. The summed E-state index contributed by atoms with van der Waals surface area (Å²) >= 11 is 0. The van der Waals surface area contributed by atoms with E-state index < -0.39 is 0 Å². The number of aryl methyl sites for hydroxylation is 1. The van der Waals surface area contributed by atoms with Gasteiger partial charge in [-0.05, 0) is 27.7 Å². The number of nitrogens with zero attached hydrogens (tertiary/aromatic N) is 3. The molecule has 0 aromatic carbocycles. The number of aromatic nitrogens is 1. The highest BCUT2D eigenvalue weighted by Gasteiger charge is 2.26.